The molecule has 0 spiro atoms. The maximum absolute atomic E-state index is 13.2. The summed E-state index contributed by atoms with van der Waals surface area (Å²) < 4.78 is 39.6. The Morgan fingerprint density at radius 3 is 2.41 bits per heavy atom. The van der Waals surface area contributed by atoms with Gasteiger partial charge in [0, 0.05) is 18.7 Å². The molecular formula is C20H27F3N2O2. The minimum atomic E-state index is -4.55. The molecule has 0 N–H and O–H groups in total. The Bertz CT molecular complexity index is 693. The second-order valence-corrected chi connectivity index (χ2v) is 7.50. The van der Waals surface area contributed by atoms with Gasteiger partial charge in [0.1, 0.15) is 5.69 Å². The Morgan fingerprint density at radius 2 is 1.93 bits per heavy atom. The molecular weight excluding hydrogens is 357 g/mol. The Kier molecular flexibility index (Phi) is 6.89. The van der Waals surface area contributed by atoms with Crippen LogP contribution in [-0.2, 0) is 0 Å². The van der Waals surface area contributed by atoms with Crippen LogP contribution < -0.4 is 4.90 Å². The van der Waals surface area contributed by atoms with Crippen LogP contribution in [0.1, 0.15) is 58.4 Å². The fourth-order valence-electron chi connectivity index (χ4n) is 3.80. The van der Waals surface area contributed by atoms with Crippen molar-refractivity contribution in [2.75, 3.05) is 11.4 Å². The first-order valence-electron chi connectivity index (χ1n) is 9.44. The molecule has 27 heavy (non-hydrogen) atoms. The fraction of sp³-hybridized carbons (Fsp3) is 0.600. The van der Waals surface area contributed by atoms with Crippen LogP contribution >= 0.6 is 0 Å². The number of alkyl halides is 3. The van der Waals surface area contributed by atoms with Crippen molar-refractivity contribution >= 4 is 16.9 Å². The van der Waals surface area contributed by atoms with Crippen LogP contribution in [0.15, 0.2) is 24.3 Å². The van der Waals surface area contributed by atoms with E-state index in [1.165, 1.54) is 19.1 Å². The highest BCUT2D eigenvalue weighted by Gasteiger charge is 2.36. The molecule has 0 amide bonds. The zero-order chi connectivity index (χ0) is 20.2. The van der Waals surface area contributed by atoms with E-state index in [1.54, 1.807) is 0 Å². The van der Waals surface area contributed by atoms with Gasteiger partial charge in [0.25, 0.3) is 5.69 Å². The molecule has 0 aromatic heterocycles. The molecule has 0 heterocycles. The molecule has 7 heteroatoms. The van der Waals surface area contributed by atoms with Crippen molar-refractivity contribution in [3.05, 3.63) is 40.0 Å². The highest BCUT2D eigenvalue weighted by atomic mass is 19.4. The van der Waals surface area contributed by atoms with Crippen LogP contribution in [0.4, 0.5) is 24.5 Å². The van der Waals surface area contributed by atoms with Gasteiger partial charge in [-0.05, 0) is 37.3 Å². The van der Waals surface area contributed by atoms with E-state index in [0.717, 1.165) is 44.2 Å². The third-order valence-corrected chi connectivity index (χ3v) is 4.96. The van der Waals surface area contributed by atoms with E-state index in [2.05, 4.69) is 0 Å². The normalized spacial score (nSPS) is 16.6. The summed E-state index contributed by atoms with van der Waals surface area (Å²) >= 11 is 0. The topological polar surface area (TPSA) is 46.4 Å². The molecule has 150 valence electrons. The molecule has 1 aliphatic carbocycles. The number of anilines is 1. The van der Waals surface area contributed by atoms with E-state index in [4.69, 9.17) is 0 Å². The van der Waals surface area contributed by atoms with E-state index in [0.29, 0.717) is 12.2 Å². The number of benzene rings is 1. The summed E-state index contributed by atoms with van der Waals surface area (Å²) in [4.78, 5) is 13.2. The third-order valence-electron chi connectivity index (χ3n) is 4.96. The number of halogens is 3. The van der Waals surface area contributed by atoms with Gasteiger partial charge >= 0.3 is 6.18 Å². The van der Waals surface area contributed by atoms with Gasteiger partial charge in [0.15, 0.2) is 0 Å². The summed E-state index contributed by atoms with van der Waals surface area (Å²) in [5, 5.41) is 11.7. The Balaban J connectivity index is 2.51. The number of nitro groups is 1. The minimum Gasteiger partial charge on any atom is -0.363 e. The van der Waals surface area contributed by atoms with Crippen molar-refractivity contribution in [2.45, 2.75) is 65.1 Å². The van der Waals surface area contributed by atoms with Gasteiger partial charge in [-0.2, -0.15) is 13.2 Å². The molecule has 1 saturated carbocycles. The van der Waals surface area contributed by atoms with Gasteiger partial charge in [-0.3, -0.25) is 10.1 Å². The first kappa shape index (κ1) is 21.3. The van der Waals surface area contributed by atoms with Gasteiger partial charge in [-0.25, -0.2) is 0 Å². The van der Waals surface area contributed by atoms with Crippen molar-refractivity contribution in [1.29, 1.82) is 0 Å². The van der Waals surface area contributed by atoms with Crippen LogP contribution in [0.3, 0.4) is 0 Å². The summed E-state index contributed by atoms with van der Waals surface area (Å²) in [6.07, 6.45) is 1.60. The highest BCUT2D eigenvalue weighted by molar-refractivity contribution is 5.76. The number of nitrogens with zero attached hydrogens (tertiary/aromatic N) is 2. The Morgan fingerprint density at radius 1 is 1.30 bits per heavy atom. The minimum absolute atomic E-state index is 0.173. The van der Waals surface area contributed by atoms with Crippen molar-refractivity contribution in [3.8, 4) is 0 Å². The van der Waals surface area contributed by atoms with Crippen LogP contribution in [0.5, 0.6) is 0 Å². The quantitative estimate of drug-likeness (QED) is 0.424. The second-order valence-electron chi connectivity index (χ2n) is 7.50. The summed E-state index contributed by atoms with van der Waals surface area (Å²) in [7, 11) is 0. The molecule has 1 aromatic rings. The molecule has 1 aromatic carbocycles. The van der Waals surface area contributed by atoms with E-state index in [1.807, 2.05) is 18.7 Å². The monoisotopic (exact) mass is 384 g/mol. The molecule has 0 saturated heterocycles. The standard InChI is InChI=1S/C20H27F3N2O2/c1-4-17(20(21,22)23)15-10-11-18(19(12-15)25(26)27)24(13-14(2)3)16-8-6-5-7-9-16/h4,10-12,14,16H,5-9,13H2,1-3H3/b17-4-. The van der Waals surface area contributed by atoms with Crippen LogP contribution in [0.25, 0.3) is 5.57 Å². The largest absolute Gasteiger partial charge is 0.416 e. The van der Waals surface area contributed by atoms with Gasteiger partial charge in [0.05, 0.1) is 10.5 Å². The SMILES string of the molecule is C/C=C(/c1ccc(N(CC(C)C)C2CCCCC2)c([N+](=O)[O-])c1)C(F)(F)F. The van der Waals surface area contributed by atoms with E-state index < -0.39 is 16.7 Å². The molecule has 0 atom stereocenters. The van der Waals surface area contributed by atoms with Gasteiger partial charge in [-0.15, -0.1) is 0 Å². The van der Waals surface area contributed by atoms with Gasteiger partial charge < -0.3 is 4.90 Å². The van der Waals surface area contributed by atoms with Gasteiger partial charge in [0.2, 0.25) is 0 Å². The van der Waals surface area contributed by atoms with Crippen LogP contribution in [-0.4, -0.2) is 23.7 Å². The summed E-state index contributed by atoms with van der Waals surface area (Å²) in [5.74, 6) is 0.285. The zero-order valence-corrected chi connectivity index (χ0v) is 16.1. The molecule has 2 rings (SSSR count). The molecule has 1 fully saturated rings. The van der Waals surface area contributed by atoms with Crippen molar-refractivity contribution in [2.24, 2.45) is 5.92 Å². The first-order valence-corrected chi connectivity index (χ1v) is 9.44. The van der Waals surface area contributed by atoms with E-state index in [9.17, 15) is 23.3 Å². The Labute approximate surface area is 158 Å². The number of rotatable bonds is 6. The third kappa shape index (κ3) is 5.23. The lowest BCUT2D eigenvalue weighted by atomic mass is 9.92. The lowest BCUT2D eigenvalue weighted by Crippen LogP contribution is -2.39. The van der Waals surface area contributed by atoms with Crippen molar-refractivity contribution in [1.82, 2.24) is 0 Å². The number of hydrogen-bond acceptors (Lipinski definition) is 3. The smallest absolute Gasteiger partial charge is 0.363 e. The predicted octanol–water partition coefficient (Wildman–Crippen LogP) is 6.36. The van der Waals surface area contributed by atoms with Crippen LogP contribution in [0.2, 0.25) is 0 Å². The number of nitro benzene ring substituents is 1. The molecule has 1 aliphatic rings. The van der Waals surface area contributed by atoms with E-state index >= 15 is 0 Å². The lowest BCUT2D eigenvalue weighted by Gasteiger charge is -2.37. The van der Waals surface area contributed by atoms with Crippen LogP contribution in [0, 0.1) is 16.0 Å². The lowest BCUT2D eigenvalue weighted by molar-refractivity contribution is -0.384. The zero-order valence-electron chi connectivity index (χ0n) is 16.1. The molecule has 4 nitrogen and oxygen atoms in total. The first-order chi connectivity index (χ1) is 12.6. The maximum atomic E-state index is 13.2. The maximum Gasteiger partial charge on any atom is 0.416 e. The number of allylic oxidation sites excluding steroid dienone is 2. The van der Waals surface area contributed by atoms with Crippen molar-refractivity contribution < 1.29 is 18.1 Å². The average molecular weight is 384 g/mol. The Hall–Kier alpha value is -2.05. The second kappa shape index (κ2) is 8.76. The molecule has 0 aliphatic heterocycles. The van der Waals surface area contributed by atoms with E-state index in [-0.39, 0.29) is 23.2 Å². The van der Waals surface area contributed by atoms with Crippen molar-refractivity contribution in [3.63, 3.8) is 0 Å². The molecule has 0 radical (unpaired) electrons. The van der Waals surface area contributed by atoms with Gasteiger partial charge in [-0.1, -0.05) is 45.3 Å². The molecule has 0 unspecified atom stereocenters. The summed E-state index contributed by atoms with van der Waals surface area (Å²) in [5.41, 5.74) is -0.872. The predicted molar refractivity (Wildman–Crippen MR) is 102 cm³/mol. The number of hydrogen-bond donors (Lipinski definition) is 0. The average Bonchev–Trinajstić information content (AvgIpc) is 2.59. The highest BCUT2D eigenvalue weighted by Crippen LogP contribution is 2.40. The summed E-state index contributed by atoms with van der Waals surface area (Å²) in [6.45, 7) is 6.01. The summed E-state index contributed by atoms with van der Waals surface area (Å²) in [6, 6.07) is 4.09. The molecule has 0 bridgehead atoms. The fourth-order valence-corrected chi connectivity index (χ4v) is 3.80.